The molecule has 1 aromatic heterocycles. The predicted molar refractivity (Wildman–Crippen MR) is 139 cm³/mol. The fourth-order valence-electron chi connectivity index (χ4n) is 4.13. The van der Waals surface area contributed by atoms with Crippen molar-refractivity contribution in [2.75, 3.05) is 39.1 Å². The highest BCUT2D eigenvalue weighted by molar-refractivity contribution is 7.89. The Kier molecular flexibility index (Phi) is 8.74. The third-order valence-corrected chi connectivity index (χ3v) is 8.73. The second-order valence-electron chi connectivity index (χ2n) is 9.78. The lowest BCUT2D eigenvalue weighted by Crippen LogP contribution is -2.37. The van der Waals surface area contributed by atoms with Gasteiger partial charge >= 0.3 is 5.97 Å². The van der Waals surface area contributed by atoms with Gasteiger partial charge in [-0.3, -0.25) is 4.79 Å². The first-order chi connectivity index (χ1) is 16.4. The maximum absolute atomic E-state index is 13.2. The molecule has 0 bridgehead atoms. The van der Waals surface area contributed by atoms with Crippen LogP contribution in [0.3, 0.4) is 0 Å². The van der Waals surface area contributed by atoms with Gasteiger partial charge in [-0.25, -0.2) is 13.2 Å². The second kappa shape index (κ2) is 11.2. The molecule has 0 saturated carbocycles. The van der Waals surface area contributed by atoms with Crippen molar-refractivity contribution in [3.63, 3.8) is 0 Å². The lowest BCUT2D eigenvalue weighted by atomic mass is 10.0. The molecule has 8 nitrogen and oxygen atoms in total. The Hall–Kier alpha value is -2.27. The number of rotatable bonds is 9. The minimum atomic E-state index is -3.68. The van der Waals surface area contributed by atoms with Crippen LogP contribution >= 0.6 is 11.3 Å². The molecule has 2 aromatic rings. The molecule has 2 heterocycles. The van der Waals surface area contributed by atoms with Crippen LogP contribution in [0, 0.1) is 11.8 Å². The largest absolute Gasteiger partial charge is 0.465 e. The SMILES string of the molecule is COC(=O)c1c(NC(=O)c2ccc(S(=O)(=O)N(CC(C)C)CC(C)C)cc2)sc2c1CCN(C)C2. The van der Waals surface area contributed by atoms with Gasteiger partial charge in [-0.05, 0) is 55.1 Å². The highest BCUT2D eigenvalue weighted by Gasteiger charge is 2.29. The van der Waals surface area contributed by atoms with Gasteiger partial charge < -0.3 is 15.0 Å². The van der Waals surface area contributed by atoms with Gasteiger partial charge in [0.25, 0.3) is 5.91 Å². The van der Waals surface area contributed by atoms with Crippen molar-refractivity contribution >= 4 is 38.2 Å². The zero-order valence-electron chi connectivity index (χ0n) is 21.3. The summed E-state index contributed by atoms with van der Waals surface area (Å²) in [7, 11) is -0.344. The van der Waals surface area contributed by atoms with Gasteiger partial charge in [0.2, 0.25) is 10.0 Å². The fourth-order valence-corrected chi connectivity index (χ4v) is 7.20. The molecule has 3 rings (SSSR count). The van der Waals surface area contributed by atoms with Crippen molar-refractivity contribution in [3.05, 3.63) is 45.8 Å². The summed E-state index contributed by atoms with van der Waals surface area (Å²) < 4.78 is 33.0. The van der Waals surface area contributed by atoms with E-state index in [1.165, 1.54) is 47.0 Å². The number of methoxy groups -OCH3 is 1. The highest BCUT2D eigenvalue weighted by atomic mass is 32.2. The number of nitrogens with zero attached hydrogens (tertiary/aromatic N) is 2. The maximum Gasteiger partial charge on any atom is 0.341 e. The van der Waals surface area contributed by atoms with E-state index in [1.54, 1.807) is 0 Å². The summed E-state index contributed by atoms with van der Waals surface area (Å²) in [5.74, 6) is -0.505. The van der Waals surface area contributed by atoms with E-state index in [2.05, 4.69) is 10.2 Å². The summed E-state index contributed by atoms with van der Waals surface area (Å²) >= 11 is 1.38. The number of sulfonamides is 1. The van der Waals surface area contributed by atoms with E-state index in [1.807, 2.05) is 34.7 Å². The van der Waals surface area contributed by atoms with E-state index < -0.39 is 21.9 Å². The Balaban J connectivity index is 1.84. The first-order valence-electron chi connectivity index (χ1n) is 11.8. The van der Waals surface area contributed by atoms with Gasteiger partial charge in [0, 0.05) is 36.6 Å². The van der Waals surface area contributed by atoms with Crippen LogP contribution in [0.4, 0.5) is 5.00 Å². The zero-order valence-corrected chi connectivity index (χ0v) is 22.9. The van der Waals surface area contributed by atoms with Crippen LogP contribution in [0.1, 0.15) is 58.9 Å². The number of thiophene rings is 1. The molecule has 1 amide bonds. The number of carbonyl (C=O) groups excluding carboxylic acids is 2. The summed E-state index contributed by atoms with van der Waals surface area (Å²) in [5.41, 5.74) is 1.64. The standard InChI is InChI=1S/C25H35N3O5S2/c1-16(2)13-28(14-17(3)4)35(31,32)19-9-7-18(8-10-19)23(29)26-24-22(25(30)33-6)20-11-12-27(5)15-21(20)34-24/h7-10,16-17H,11-15H2,1-6H3,(H,26,29). The summed E-state index contributed by atoms with van der Waals surface area (Å²) in [4.78, 5) is 28.8. The van der Waals surface area contributed by atoms with Crippen molar-refractivity contribution < 1.29 is 22.7 Å². The van der Waals surface area contributed by atoms with Crippen molar-refractivity contribution in [2.45, 2.75) is 45.6 Å². The van der Waals surface area contributed by atoms with Crippen LogP contribution in [0.2, 0.25) is 0 Å². The van der Waals surface area contributed by atoms with E-state index in [0.717, 1.165) is 17.0 Å². The summed E-state index contributed by atoms with van der Waals surface area (Å²) in [6, 6.07) is 5.94. The maximum atomic E-state index is 13.2. The van der Waals surface area contributed by atoms with Crippen LogP contribution in [0.15, 0.2) is 29.2 Å². The van der Waals surface area contributed by atoms with Crippen LogP contribution in [0.5, 0.6) is 0 Å². The van der Waals surface area contributed by atoms with Gasteiger partial charge in [0.1, 0.15) is 5.00 Å². The molecular weight excluding hydrogens is 486 g/mol. The van der Waals surface area contributed by atoms with Gasteiger partial charge in [0.05, 0.1) is 17.6 Å². The molecule has 0 saturated heterocycles. The first kappa shape index (κ1) is 27.3. The molecule has 0 atom stereocenters. The Morgan fingerprint density at radius 2 is 1.71 bits per heavy atom. The summed E-state index contributed by atoms with van der Waals surface area (Å²) in [6.07, 6.45) is 0.707. The van der Waals surface area contributed by atoms with E-state index >= 15 is 0 Å². The van der Waals surface area contributed by atoms with E-state index in [0.29, 0.717) is 42.2 Å². The minimum absolute atomic E-state index is 0.153. The van der Waals surface area contributed by atoms with Crippen LogP contribution in [-0.2, 0) is 27.7 Å². The van der Waals surface area contributed by atoms with E-state index in [4.69, 9.17) is 4.74 Å². The monoisotopic (exact) mass is 521 g/mol. The molecule has 1 aliphatic heterocycles. The molecule has 1 aliphatic rings. The molecule has 1 N–H and O–H groups in total. The number of hydrogen-bond donors (Lipinski definition) is 1. The Bertz CT molecular complexity index is 1160. The van der Waals surface area contributed by atoms with E-state index in [-0.39, 0.29) is 16.7 Å². The van der Waals surface area contributed by atoms with Gasteiger partial charge in [-0.2, -0.15) is 4.31 Å². The fraction of sp³-hybridized carbons (Fsp3) is 0.520. The smallest absolute Gasteiger partial charge is 0.341 e. The predicted octanol–water partition coefficient (Wildman–Crippen LogP) is 4.08. The van der Waals surface area contributed by atoms with Gasteiger partial charge in [-0.1, -0.05) is 27.7 Å². The van der Waals surface area contributed by atoms with E-state index in [9.17, 15) is 18.0 Å². The number of fused-ring (bicyclic) bond motifs is 1. The Labute approximate surface area is 212 Å². The second-order valence-corrected chi connectivity index (χ2v) is 12.8. The van der Waals surface area contributed by atoms with Gasteiger partial charge in [-0.15, -0.1) is 11.3 Å². The molecule has 192 valence electrons. The number of ether oxygens (including phenoxy) is 1. The number of benzene rings is 1. The average Bonchev–Trinajstić information content (AvgIpc) is 3.14. The molecule has 10 heteroatoms. The van der Waals surface area contributed by atoms with Crippen LogP contribution in [0.25, 0.3) is 0 Å². The molecule has 0 spiro atoms. The lowest BCUT2D eigenvalue weighted by molar-refractivity contribution is 0.0600. The van der Waals surface area contributed by atoms with Gasteiger partial charge in [0.15, 0.2) is 0 Å². The highest BCUT2D eigenvalue weighted by Crippen LogP contribution is 2.37. The summed E-state index contributed by atoms with van der Waals surface area (Å²) in [5, 5.41) is 3.30. The van der Waals surface area contributed by atoms with Crippen molar-refractivity contribution in [1.82, 2.24) is 9.21 Å². The molecule has 35 heavy (non-hydrogen) atoms. The molecule has 0 radical (unpaired) electrons. The number of anilines is 1. The van der Waals surface area contributed by atoms with Crippen LogP contribution in [-0.4, -0.2) is 63.3 Å². The normalized spacial score (nSPS) is 14.4. The molecule has 0 aliphatic carbocycles. The Morgan fingerprint density at radius 3 is 2.26 bits per heavy atom. The average molecular weight is 522 g/mol. The van der Waals surface area contributed by atoms with Crippen molar-refractivity contribution in [3.8, 4) is 0 Å². The lowest BCUT2D eigenvalue weighted by Gasteiger charge is -2.25. The number of amides is 1. The molecule has 0 unspecified atom stereocenters. The third-order valence-electron chi connectivity index (χ3n) is 5.76. The number of esters is 1. The van der Waals surface area contributed by atoms with Crippen molar-refractivity contribution in [2.24, 2.45) is 11.8 Å². The number of likely N-dealkylation sites (N-methyl/N-ethyl adjacent to an activating group) is 1. The summed E-state index contributed by atoms with van der Waals surface area (Å²) in [6.45, 7) is 10.3. The first-order valence-corrected chi connectivity index (χ1v) is 14.0. The minimum Gasteiger partial charge on any atom is -0.465 e. The third kappa shape index (κ3) is 6.30. The topological polar surface area (TPSA) is 96.0 Å². The van der Waals surface area contributed by atoms with Crippen LogP contribution < -0.4 is 5.32 Å². The zero-order chi connectivity index (χ0) is 25.9. The quantitative estimate of drug-likeness (QED) is 0.500. The molecule has 0 fully saturated rings. The Morgan fingerprint density at radius 1 is 1.11 bits per heavy atom. The molecular formula is C25H35N3O5S2. The number of carbonyl (C=O) groups is 2. The van der Waals surface area contributed by atoms with Crippen molar-refractivity contribution in [1.29, 1.82) is 0 Å². The number of nitrogens with one attached hydrogen (secondary N) is 1. The molecule has 1 aromatic carbocycles. The number of hydrogen-bond acceptors (Lipinski definition) is 7.